The molecule has 80 valence electrons. The number of nitrogens with one attached hydrogen (secondary N) is 1. The van der Waals surface area contributed by atoms with Crippen molar-refractivity contribution in [1.82, 2.24) is 5.32 Å². The lowest BCUT2D eigenvalue weighted by molar-refractivity contribution is 0.716. The summed E-state index contributed by atoms with van der Waals surface area (Å²) in [7, 11) is 1.96. The van der Waals surface area contributed by atoms with E-state index in [2.05, 4.69) is 38.8 Å². The van der Waals surface area contributed by atoms with Crippen LogP contribution in [0.3, 0.4) is 0 Å². The Morgan fingerprint density at radius 1 is 1.47 bits per heavy atom. The first-order valence-corrected chi connectivity index (χ1v) is 7.24. The van der Waals surface area contributed by atoms with E-state index >= 15 is 0 Å². The molecule has 0 aliphatic heterocycles. The largest absolute Gasteiger partial charge is 0.308 e. The van der Waals surface area contributed by atoms with Crippen molar-refractivity contribution in [2.45, 2.75) is 6.04 Å². The molecule has 1 nitrogen and oxygen atoms in total. The van der Waals surface area contributed by atoms with E-state index in [1.807, 2.05) is 13.1 Å². The minimum Gasteiger partial charge on any atom is -0.308 e. The highest BCUT2D eigenvalue weighted by atomic mass is 79.9. The van der Waals surface area contributed by atoms with Gasteiger partial charge in [0, 0.05) is 9.75 Å². The van der Waals surface area contributed by atoms with Crippen LogP contribution < -0.4 is 5.32 Å². The summed E-state index contributed by atoms with van der Waals surface area (Å²) < 4.78 is 0.996. The summed E-state index contributed by atoms with van der Waals surface area (Å²) in [5.41, 5.74) is 0. The van der Waals surface area contributed by atoms with Gasteiger partial charge in [-0.1, -0.05) is 17.7 Å². The smallest absolute Gasteiger partial charge is 0.0888 e. The second-order valence-corrected chi connectivity index (χ2v) is 6.80. The first-order chi connectivity index (χ1) is 7.22. The topological polar surface area (TPSA) is 12.0 Å². The zero-order chi connectivity index (χ0) is 10.8. The molecule has 1 atom stereocenters. The summed E-state index contributed by atoms with van der Waals surface area (Å²) in [6, 6.07) is 6.46. The van der Waals surface area contributed by atoms with Crippen molar-refractivity contribution in [3.63, 3.8) is 0 Å². The number of hydrogen-bond acceptors (Lipinski definition) is 3. The van der Waals surface area contributed by atoms with Crippen molar-refractivity contribution in [2.24, 2.45) is 0 Å². The van der Waals surface area contributed by atoms with Crippen LogP contribution in [0.5, 0.6) is 0 Å². The molecule has 0 radical (unpaired) electrons. The van der Waals surface area contributed by atoms with E-state index in [0.717, 1.165) is 8.81 Å². The Hall–Kier alpha value is 0.130. The Labute approximate surface area is 110 Å². The van der Waals surface area contributed by atoms with E-state index in [1.165, 1.54) is 9.75 Å². The van der Waals surface area contributed by atoms with Gasteiger partial charge in [0.2, 0.25) is 0 Å². The molecule has 0 amide bonds. The number of thiophene rings is 2. The van der Waals surface area contributed by atoms with Gasteiger partial charge in [0.05, 0.1) is 14.9 Å². The first kappa shape index (κ1) is 11.6. The normalized spacial score (nSPS) is 13.0. The quantitative estimate of drug-likeness (QED) is 0.875. The van der Waals surface area contributed by atoms with Crippen LogP contribution in [0.2, 0.25) is 5.02 Å². The fourth-order valence-corrected chi connectivity index (χ4v) is 4.19. The lowest BCUT2D eigenvalue weighted by atomic mass is 10.2. The Bertz CT molecular complexity index is 419. The standard InChI is InChI=1S/C10H9BrClNS2/c1-13-9(7-3-2-4-14-7)8-5-6(12)10(11)15-8/h2-5,9,13H,1H3. The van der Waals surface area contributed by atoms with E-state index in [1.54, 1.807) is 22.7 Å². The summed E-state index contributed by atoms with van der Waals surface area (Å²) >= 11 is 12.9. The van der Waals surface area contributed by atoms with Gasteiger partial charge in [0.25, 0.3) is 0 Å². The van der Waals surface area contributed by atoms with Gasteiger partial charge in [-0.25, -0.2) is 0 Å². The van der Waals surface area contributed by atoms with E-state index in [0.29, 0.717) is 0 Å². The molecule has 0 fully saturated rings. The Balaban J connectivity index is 2.35. The summed E-state index contributed by atoms with van der Waals surface area (Å²) in [6.45, 7) is 0. The third-order valence-electron chi connectivity index (χ3n) is 2.07. The van der Waals surface area contributed by atoms with Crippen molar-refractivity contribution in [3.05, 3.63) is 42.1 Å². The van der Waals surface area contributed by atoms with Gasteiger partial charge >= 0.3 is 0 Å². The van der Waals surface area contributed by atoms with Crippen LogP contribution in [0.15, 0.2) is 27.4 Å². The van der Waals surface area contributed by atoms with Gasteiger partial charge in [-0.3, -0.25) is 0 Å². The van der Waals surface area contributed by atoms with Crippen molar-refractivity contribution in [3.8, 4) is 0 Å². The van der Waals surface area contributed by atoms with E-state index in [-0.39, 0.29) is 6.04 Å². The average Bonchev–Trinajstić information content (AvgIpc) is 2.80. The molecule has 0 saturated carbocycles. The van der Waals surface area contributed by atoms with Gasteiger partial charge in [-0.05, 0) is 40.5 Å². The summed E-state index contributed by atoms with van der Waals surface area (Å²) in [5.74, 6) is 0. The third-order valence-corrected chi connectivity index (χ3v) is 5.54. The van der Waals surface area contributed by atoms with E-state index < -0.39 is 0 Å². The molecule has 0 spiro atoms. The van der Waals surface area contributed by atoms with Crippen LogP contribution in [0.25, 0.3) is 0 Å². The van der Waals surface area contributed by atoms with Gasteiger partial charge in [-0.15, -0.1) is 22.7 Å². The van der Waals surface area contributed by atoms with Crippen molar-refractivity contribution in [1.29, 1.82) is 0 Å². The van der Waals surface area contributed by atoms with Crippen LogP contribution in [-0.4, -0.2) is 7.05 Å². The predicted molar refractivity (Wildman–Crippen MR) is 72.3 cm³/mol. The maximum Gasteiger partial charge on any atom is 0.0888 e. The van der Waals surface area contributed by atoms with Crippen LogP contribution in [0, 0.1) is 0 Å². The van der Waals surface area contributed by atoms with E-state index in [9.17, 15) is 0 Å². The Morgan fingerprint density at radius 3 is 2.73 bits per heavy atom. The lowest BCUT2D eigenvalue weighted by Crippen LogP contribution is -2.14. The van der Waals surface area contributed by atoms with E-state index in [4.69, 9.17) is 11.6 Å². The molecule has 0 aliphatic rings. The van der Waals surface area contributed by atoms with Crippen molar-refractivity contribution < 1.29 is 0 Å². The Kier molecular flexibility index (Phi) is 3.85. The summed E-state index contributed by atoms with van der Waals surface area (Å²) in [6.07, 6.45) is 0. The van der Waals surface area contributed by atoms with Crippen molar-refractivity contribution in [2.75, 3.05) is 7.05 Å². The lowest BCUT2D eigenvalue weighted by Gasteiger charge is -2.11. The van der Waals surface area contributed by atoms with Crippen LogP contribution >= 0.6 is 50.2 Å². The number of rotatable bonds is 3. The molecule has 0 aliphatic carbocycles. The fourth-order valence-electron chi connectivity index (χ4n) is 1.39. The molecular weight excluding hydrogens is 314 g/mol. The first-order valence-electron chi connectivity index (χ1n) is 4.37. The maximum atomic E-state index is 6.03. The van der Waals surface area contributed by atoms with Crippen LogP contribution in [0.1, 0.15) is 15.8 Å². The molecule has 2 rings (SSSR count). The molecule has 0 aromatic carbocycles. The highest BCUT2D eigenvalue weighted by Gasteiger charge is 2.16. The molecule has 1 N–H and O–H groups in total. The molecular formula is C10H9BrClNS2. The van der Waals surface area contributed by atoms with Gasteiger partial charge in [0.1, 0.15) is 0 Å². The average molecular weight is 323 g/mol. The van der Waals surface area contributed by atoms with Gasteiger partial charge in [-0.2, -0.15) is 0 Å². The molecule has 5 heteroatoms. The molecule has 0 bridgehead atoms. The zero-order valence-corrected chi connectivity index (χ0v) is 11.9. The predicted octanol–water partition coefficient (Wildman–Crippen LogP) is 4.53. The molecule has 2 aromatic heterocycles. The fraction of sp³-hybridized carbons (Fsp3) is 0.200. The van der Waals surface area contributed by atoms with Crippen LogP contribution in [-0.2, 0) is 0 Å². The Morgan fingerprint density at radius 2 is 2.27 bits per heavy atom. The summed E-state index contributed by atoms with van der Waals surface area (Å²) in [4.78, 5) is 2.54. The third kappa shape index (κ3) is 2.45. The van der Waals surface area contributed by atoms with Crippen LogP contribution in [0.4, 0.5) is 0 Å². The minimum absolute atomic E-state index is 0.249. The monoisotopic (exact) mass is 321 g/mol. The molecule has 1 unspecified atom stereocenters. The molecule has 2 aromatic rings. The maximum absolute atomic E-state index is 6.03. The second-order valence-electron chi connectivity index (χ2n) is 3.01. The SMILES string of the molecule is CNC(c1cccs1)c1cc(Cl)c(Br)s1. The highest BCUT2D eigenvalue weighted by molar-refractivity contribution is 9.11. The number of hydrogen-bond donors (Lipinski definition) is 1. The molecule has 0 saturated heterocycles. The number of halogens is 2. The molecule has 2 heterocycles. The second kappa shape index (κ2) is 4.97. The highest BCUT2D eigenvalue weighted by Crippen LogP contribution is 2.38. The summed E-state index contributed by atoms with van der Waals surface area (Å²) in [5, 5.41) is 6.17. The molecule has 15 heavy (non-hydrogen) atoms. The zero-order valence-electron chi connectivity index (χ0n) is 7.96. The van der Waals surface area contributed by atoms with Gasteiger partial charge < -0.3 is 5.32 Å². The van der Waals surface area contributed by atoms with Gasteiger partial charge in [0.15, 0.2) is 0 Å². The van der Waals surface area contributed by atoms with Crippen molar-refractivity contribution >= 4 is 50.2 Å². The minimum atomic E-state index is 0.249.